The van der Waals surface area contributed by atoms with Gasteiger partial charge in [-0.1, -0.05) is 5.11 Å². The van der Waals surface area contributed by atoms with E-state index in [1.54, 1.807) is 4.90 Å². The largest absolute Gasteiger partial charge is 0.378 e. The molecule has 0 bridgehead atoms. The van der Waals surface area contributed by atoms with Crippen molar-refractivity contribution >= 4 is 23.3 Å². The summed E-state index contributed by atoms with van der Waals surface area (Å²) >= 11 is 0. The number of morpholine rings is 1. The molecule has 0 aliphatic carbocycles. The molecule has 0 aromatic heterocycles. The molecular formula is C11H11N5O4. The number of azide groups is 1. The molecule has 0 saturated carbocycles. The van der Waals surface area contributed by atoms with E-state index in [-0.39, 0.29) is 16.9 Å². The fourth-order valence-corrected chi connectivity index (χ4v) is 2.01. The molecule has 0 radical (unpaired) electrons. The van der Waals surface area contributed by atoms with Crippen molar-refractivity contribution in [3.05, 3.63) is 38.3 Å². The Labute approximate surface area is 113 Å². The van der Waals surface area contributed by atoms with E-state index in [1.807, 2.05) is 0 Å². The molecule has 1 aliphatic heterocycles. The van der Waals surface area contributed by atoms with Crippen LogP contribution >= 0.6 is 0 Å². The second-order valence-electron chi connectivity index (χ2n) is 4.06. The number of nitrogens with zero attached hydrogens (tertiary/aromatic N) is 5. The van der Waals surface area contributed by atoms with Gasteiger partial charge in [0.25, 0.3) is 5.69 Å². The van der Waals surface area contributed by atoms with E-state index < -0.39 is 4.92 Å². The first kappa shape index (κ1) is 13.8. The van der Waals surface area contributed by atoms with Crippen LogP contribution in [-0.4, -0.2) is 37.5 Å². The van der Waals surface area contributed by atoms with Gasteiger partial charge in [0.1, 0.15) is 5.69 Å². The molecule has 1 aromatic carbocycles. The Balaban J connectivity index is 2.56. The lowest BCUT2D eigenvalue weighted by Crippen LogP contribution is -2.36. The number of hydrogen-bond donors (Lipinski definition) is 0. The van der Waals surface area contributed by atoms with Gasteiger partial charge in [-0.3, -0.25) is 14.9 Å². The molecule has 1 heterocycles. The number of hydrogen-bond acceptors (Lipinski definition) is 6. The van der Waals surface area contributed by atoms with Crippen LogP contribution < -0.4 is 4.90 Å². The molecule has 1 saturated heterocycles. The lowest BCUT2D eigenvalue weighted by molar-refractivity contribution is -0.384. The van der Waals surface area contributed by atoms with Crippen LogP contribution in [-0.2, 0) is 4.74 Å². The zero-order valence-corrected chi connectivity index (χ0v) is 10.4. The maximum Gasteiger partial charge on any atom is 0.293 e. The Morgan fingerprint density at radius 1 is 1.45 bits per heavy atom. The first-order chi connectivity index (χ1) is 9.67. The van der Waals surface area contributed by atoms with Crippen molar-refractivity contribution < 1.29 is 14.5 Å². The van der Waals surface area contributed by atoms with Crippen LogP contribution in [0.1, 0.15) is 10.4 Å². The van der Waals surface area contributed by atoms with E-state index in [4.69, 9.17) is 10.3 Å². The molecule has 1 aromatic rings. The number of anilines is 1. The number of nitro groups is 1. The van der Waals surface area contributed by atoms with Crippen LogP contribution in [0.2, 0.25) is 0 Å². The summed E-state index contributed by atoms with van der Waals surface area (Å²) in [6, 6.07) is 2.49. The minimum absolute atomic E-state index is 0.00786. The molecule has 1 fully saturated rings. The van der Waals surface area contributed by atoms with Crippen LogP contribution in [0.4, 0.5) is 17.1 Å². The number of carbonyl (C=O) groups is 1. The highest BCUT2D eigenvalue weighted by molar-refractivity contribution is 5.88. The normalized spacial score (nSPS) is 14.5. The maximum atomic E-state index is 11.1. The minimum Gasteiger partial charge on any atom is -0.378 e. The second kappa shape index (κ2) is 6.00. The molecule has 1 aliphatic rings. The third-order valence-corrected chi connectivity index (χ3v) is 2.95. The Hall–Kier alpha value is -2.64. The predicted octanol–water partition coefficient (Wildman–Crippen LogP) is 2.19. The molecule has 0 atom stereocenters. The van der Waals surface area contributed by atoms with Crippen LogP contribution in [0.25, 0.3) is 10.4 Å². The summed E-state index contributed by atoms with van der Waals surface area (Å²) in [5.74, 6) is 0. The lowest BCUT2D eigenvalue weighted by Gasteiger charge is -2.28. The first-order valence-electron chi connectivity index (χ1n) is 5.82. The summed E-state index contributed by atoms with van der Waals surface area (Å²) in [4.78, 5) is 25.9. The highest BCUT2D eigenvalue weighted by Gasteiger charge is 2.23. The van der Waals surface area contributed by atoms with Gasteiger partial charge in [0.15, 0.2) is 6.29 Å². The van der Waals surface area contributed by atoms with Gasteiger partial charge >= 0.3 is 0 Å². The van der Waals surface area contributed by atoms with Gasteiger partial charge in [0.05, 0.1) is 23.8 Å². The van der Waals surface area contributed by atoms with Crippen molar-refractivity contribution in [2.45, 2.75) is 0 Å². The van der Waals surface area contributed by atoms with Crippen molar-refractivity contribution in [2.75, 3.05) is 31.2 Å². The van der Waals surface area contributed by atoms with Gasteiger partial charge in [-0.15, -0.1) is 0 Å². The Kier molecular flexibility index (Phi) is 4.14. The minimum atomic E-state index is -0.558. The van der Waals surface area contributed by atoms with Gasteiger partial charge in [-0.25, -0.2) is 0 Å². The number of benzene rings is 1. The van der Waals surface area contributed by atoms with Gasteiger partial charge in [-0.05, 0) is 11.6 Å². The molecule has 0 amide bonds. The number of rotatable bonds is 4. The Bertz CT molecular complexity index is 591. The lowest BCUT2D eigenvalue weighted by atomic mass is 10.1. The number of aldehydes is 1. The SMILES string of the molecule is [N-]=[N+]=Nc1cc(N2CCOCC2)c([N+](=O)[O-])cc1C=O. The monoisotopic (exact) mass is 277 g/mol. The average molecular weight is 277 g/mol. The predicted molar refractivity (Wildman–Crippen MR) is 70.3 cm³/mol. The second-order valence-corrected chi connectivity index (χ2v) is 4.06. The molecule has 9 heteroatoms. The van der Waals surface area contributed by atoms with Crippen molar-refractivity contribution in [2.24, 2.45) is 5.11 Å². The fraction of sp³-hybridized carbons (Fsp3) is 0.364. The zero-order valence-electron chi connectivity index (χ0n) is 10.4. The first-order valence-corrected chi connectivity index (χ1v) is 5.82. The molecule has 20 heavy (non-hydrogen) atoms. The molecule has 104 valence electrons. The van der Waals surface area contributed by atoms with Gasteiger partial charge < -0.3 is 9.64 Å². The summed E-state index contributed by atoms with van der Waals surface area (Å²) in [6.45, 7) is 1.92. The molecule has 0 spiro atoms. The van der Waals surface area contributed by atoms with E-state index in [1.165, 1.54) is 6.07 Å². The summed E-state index contributed by atoms with van der Waals surface area (Å²) in [6.07, 6.45) is 0.431. The number of nitro benzene ring substituents is 1. The highest BCUT2D eigenvalue weighted by Crippen LogP contribution is 2.35. The van der Waals surface area contributed by atoms with E-state index in [0.29, 0.717) is 38.3 Å². The van der Waals surface area contributed by atoms with Crippen molar-refractivity contribution in [3.8, 4) is 0 Å². The van der Waals surface area contributed by atoms with Crippen molar-refractivity contribution in [3.63, 3.8) is 0 Å². The van der Waals surface area contributed by atoms with Crippen LogP contribution in [0.5, 0.6) is 0 Å². The standard InChI is InChI=1S/C11H11N5O4/c12-14-13-9-6-10(15-1-3-20-4-2-15)11(16(18)19)5-8(9)7-17/h5-7H,1-4H2. The van der Waals surface area contributed by atoms with Crippen LogP contribution in [0.15, 0.2) is 17.2 Å². The van der Waals surface area contributed by atoms with Gasteiger partial charge in [0, 0.05) is 29.6 Å². The molecule has 9 nitrogen and oxygen atoms in total. The molecule has 0 N–H and O–H groups in total. The average Bonchev–Trinajstić information content (AvgIpc) is 2.48. The Morgan fingerprint density at radius 2 is 2.15 bits per heavy atom. The van der Waals surface area contributed by atoms with Crippen LogP contribution in [0.3, 0.4) is 0 Å². The zero-order chi connectivity index (χ0) is 14.5. The van der Waals surface area contributed by atoms with E-state index in [2.05, 4.69) is 10.0 Å². The van der Waals surface area contributed by atoms with Crippen molar-refractivity contribution in [1.29, 1.82) is 0 Å². The summed E-state index contributed by atoms with van der Waals surface area (Å²) in [7, 11) is 0. The maximum absolute atomic E-state index is 11.1. The number of ether oxygens (including phenoxy) is 1. The topological polar surface area (TPSA) is 121 Å². The molecule has 0 unspecified atom stereocenters. The van der Waals surface area contributed by atoms with Gasteiger partial charge in [0.2, 0.25) is 0 Å². The quantitative estimate of drug-likeness (QED) is 0.208. The van der Waals surface area contributed by atoms with Crippen LogP contribution in [0, 0.1) is 10.1 Å². The van der Waals surface area contributed by atoms with Crippen molar-refractivity contribution in [1.82, 2.24) is 0 Å². The highest BCUT2D eigenvalue weighted by atomic mass is 16.6. The van der Waals surface area contributed by atoms with Gasteiger partial charge in [-0.2, -0.15) is 0 Å². The van der Waals surface area contributed by atoms with E-state index in [9.17, 15) is 14.9 Å². The molecular weight excluding hydrogens is 266 g/mol. The van der Waals surface area contributed by atoms with E-state index in [0.717, 1.165) is 6.07 Å². The Morgan fingerprint density at radius 3 is 2.70 bits per heavy atom. The molecule has 2 rings (SSSR count). The van der Waals surface area contributed by atoms with E-state index >= 15 is 0 Å². The summed E-state index contributed by atoms with van der Waals surface area (Å²) in [5.41, 5.74) is 8.70. The summed E-state index contributed by atoms with van der Waals surface area (Å²) < 4.78 is 5.19. The summed E-state index contributed by atoms with van der Waals surface area (Å²) in [5, 5.41) is 14.5. The third kappa shape index (κ3) is 2.68. The third-order valence-electron chi connectivity index (χ3n) is 2.95. The fourth-order valence-electron chi connectivity index (χ4n) is 2.01. The smallest absolute Gasteiger partial charge is 0.293 e. The number of carbonyl (C=O) groups excluding carboxylic acids is 1.